The van der Waals surface area contributed by atoms with Gasteiger partial charge in [0, 0.05) is 10.0 Å². The van der Waals surface area contributed by atoms with E-state index in [9.17, 15) is 4.55 Å². The Kier molecular flexibility index (Phi) is 5.07. The van der Waals surface area contributed by atoms with Gasteiger partial charge in [0.1, 0.15) is 16.1 Å². The lowest BCUT2D eigenvalue weighted by Gasteiger charge is -2.19. The standard InChI is InChI=1S/C12H15BrClNOS/c1-8(15-17(16)12(2,3)4)10-6-5-9(13)7-11(10)14/h5-7H,1-4H3/t17-/m0/s1. The lowest BCUT2D eigenvalue weighted by Crippen LogP contribution is -2.26. The summed E-state index contributed by atoms with van der Waals surface area (Å²) in [4.78, 5) is 0. The van der Waals surface area contributed by atoms with Crippen LogP contribution in [0.15, 0.2) is 27.1 Å². The van der Waals surface area contributed by atoms with Gasteiger partial charge < -0.3 is 4.55 Å². The molecule has 17 heavy (non-hydrogen) atoms. The van der Waals surface area contributed by atoms with Crippen molar-refractivity contribution in [3.8, 4) is 0 Å². The van der Waals surface area contributed by atoms with E-state index in [1.165, 1.54) is 0 Å². The van der Waals surface area contributed by atoms with Gasteiger partial charge in [-0.05, 0) is 39.8 Å². The quantitative estimate of drug-likeness (QED) is 0.583. The minimum Gasteiger partial charge on any atom is -0.591 e. The fourth-order valence-corrected chi connectivity index (χ4v) is 2.52. The van der Waals surface area contributed by atoms with Crippen molar-refractivity contribution in [1.82, 2.24) is 0 Å². The van der Waals surface area contributed by atoms with Gasteiger partial charge in [0.05, 0.1) is 10.7 Å². The van der Waals surface area contributed by atoms with Crippen molar-refractivity contribution in [2.24, 2.45) is 4.40 Å². The van der Waals surface area contributed by atoms with Crippen LogP contribution in [0.1, 0.15) is 33.3 Å². The first-order valence-corrected chi connectivity index (χ1v) is 7.42. The number of hydrogen-bond acceptors (Lipinski definition) is 2. The fourth-order valence-electron chi connectivity index (χ4n) is 1.09. The van der Waals surface area contributed by atoms with Gasteiger partial charge in [0.25, 0.3) is 0 Å². The van der Waals surface area contributed by atoms with Crippen LogP contribution in [-0.4, -0.2) is 15.0 Å². The highest BCUT2D eigenvalue weighted by Crippen LogP contribution is 2.24. The molecule has 2 nitrogen and oxygen atoms in total. The van der Waals surface area contributed by atoms with Crippen LogP contribution in [0.25, 0.3) is 0 Å². The number of rotatable bonds is 2. The predicted molar refractivity (Wildman–Crippen MR) is 79.3 cm³/mol. The third kappa shape index (κ3) is 4.28. The zero-order valence-corrected chi connectivity index (χ0v) is 13.4. The van der Waals surface area contributed by atoms with Crippen molar-refractivity contribution in [3.63, 3.8) is 0 Å². The average molecular weight is 337 g/mol. The van der Waals surface area contributed by atoms with Gasteiger partial charge in [-0.25, -0.2) is 0 Å². The van der Waals surface area contributed by atoms with Crippen molar-refractivity contribution < 1.29 is 4.55 Å². The normalized spacial score (nSPS) is 14.9. The maximum atomic E-state index is 11.9. The van der Waals surface area contributed by atoms with Gasteiger partial charge in [-0.15, -0.1) is 0 Å². The summed E-state index contributed by atoms with van der Waals surface area (Å²) in [7, 11) is 0. The number of hydrogen-bond donors (Lipinski definition) is 0. The van der Waals surface area contributed by atoms with E-state index in [0.29, 0.717) is 10.7 Å². The van der Waals surface area contributed by atoms with E-state index in [-0.39, 0.29) is 4.75 Å². The molecule has 0 saturated carbocycles. The third-order valence-electron chi connectivity index (χ3n) is 2.06. The van der Waals surface area contributed by atoms with Crippen LogP contribution in [0.3, 0.4) is 0 Å². The van der Waals surface area contributed by atoms with E-state index in [2.05, 4.69) is 20.3 Å². The summed E-state index contributed by atoms with van der Waals surface area (Å²) in [5.41, 5.74) is 1.50. The molecule has 0 amide bonds. The molecule has 0 radical (unpaired) electrons. The molecule has 0 aliphatic heterocycles. The minimum absolute atomic E-state index is 0.358. The molecule has 0 fully saturated rings. The van der Waals surface area contributed by atoms with Crippen LogP contribution in [0.2, 0.25) is 5.02 Å². The van der Waals surface area contributed by atoms with Gasteiger partial charge in [0.15, 0.2) is 0 Å². The Hall–Kier alpha value is -0.0300. The molecule has 0 spiro atoms. The van der Waals surface area contributed by atoms with Gasteiger partial charge in [0.2, 0.25) is 0 Å². The molecule has 1 aromatic carbocycles. The van der Waals surface area contributed by atoms with Gasteiger partial charge in [-0.1, -0.05) is 38.0 Å². The zero-order valence-electron chi connectivity index (χ0n) is 10.3. The van der Waals surface area contributed by atoms with Crippen LogP contribution in [0.5, 0.6) is 0 Å². The molecule has 0 aromatic heterocycles. The van der Waals surface area contributed by atoms with Crippen LogP contribution in [-0.2, 0) is 11.4 Å². The molecule has 0 unspecified atom stereocenters. The molecule has 0 aliphatic rings. The summed E-state index contributed by atoms with van der Waals surface area (Å²) in [6.07, 6.45) is 0. The number of halogens is 2. The molecule has 1 rings (SSSR count). The zero-order chi connectivity index (χ0) is 13.2. The summed E-state index contributed by atoms with van der Waals surface area (Å²) in [6.45, 7) is 7.49. The van der Waals surface area contributed by atoms with Crippen molar-refractivity contribution in [3.05, 3.63) is 33.3 Å². The largest absolute Gasteiger partial charge is 0.591 e. The minimum atomic E-state index is -1.26. The van der Waals surface area contributed by atoms with Crippen LogP contribution < -0.4 is 0 Å². The second kappa shape index (κ2) is 5.74. The van der Waals surface area contributed by atoms with Crippen LogP contribution >= 0.6 is 27.5 Å². The second-order valence-electron chi connectivity index (χ2n) is 4.66. The maximum Gasteiger partial charge on any atom is 0.144 e. The number of nitrogens with zero attached hydrogens (tertiary/aromatic N) is 1. The first kappa shape index (κ1) is 15.0. The molecule has 1 aromatic rings. The number of benzene rings is 1. The molecule has 0 heterocycles. The smallest absolute Gasteiger partial charge is 0.144 e. The van der Waals surface area contributed by atoms with E-state index in [1.54, 1.807) is 6.07 Å². The Bertz CT molecular complexity index is 443. The Balaban J connectivity index is 3.04. The van der Waals surface area contributed by atoms with Crippen molar-refractivity contribution in [2.75, 3.05) is 0 Å². The van der Waals surface area contributed by atoms with E-state index in [4.69, 9.17) is 11.6 Å². The topological polar surface area (TPSA) is 35.4 Å². The molecular formula is C12H15BrClNOS. The highest BCUT2D eigenvalue weighted by atomic mass is 79.9. The lowest BCUT2D eigenvalue weighted by molar-refractivity contribution is 0.561. The monoisotopic (exact) mass is 335 g/mol. The van der Waals surface area contributed by atoms with E-state index < -0.39 is 11.4 Å². The molecule has 1 atom stereocenters. The molecule has 0 aliphatic carbocycles. The highest BCUT2D eigenvalue weighted by molar-refractivity contribution is 9.10. The van der Waals surface area contributed by atoms with Crippen molar-refractivity contribution >= 4 is 44.6 Å². The maximum absolute atomic E-state index is 11.9. The fraction of sp³-hybridized carbons (Fsp3) is 0.417. The molecular weight excluding hydrogens is 322 g/mol. The van der Waals surface area contributed by atoms with E-state index >= 15 is 0 Å². The summed E-state index contributed by atoms with van der Waals surface area (Å²) in [6, 6.07) is 5.56. The summed E-state index contributed by atoms with van der Waals surface area (Å²) in [5, 5.41) is 0.603. The Morgan fingerprint density at radius 3 is 2.47 bits per heavy atom. The van der Waals surface area contributed by atoms with Crippen LogP contribution in [0.4, 0.5) is 0 Å². The second-order valence-corrected chi connectivity index (χ2v) is 7.89. The van der Waals surface area contributed by atoms with E-state index in [1.807, 2.05) is 39.8 Å². The summed E-state index contributed by atoms with van der Waals surface area (Å²) < 4.78 is 16.7. The van der Waals surface area contributed by atoms with E-state index in [0.717, 1.165) is 10.0 Å². The highest BCUT2D eigenvalue weighted by Gasteiger charge is 2.27. The van der Waals surface area contributed by atoms with Crippen molar-refractivity contribution in [2.45, 2.75) is 32.4 Å². The first-order chi connectivity index (χ1) is 7.71. The lowest BCUT2D eigenvalue weighted by atomic mass is 10.1. The Labute approximate surface area is 119 Å². The molecule has 0 bridgehead atoms. The molecule has 0 saturated heterocycles. The summed E-state index contributed by atoms with van der Waals surface area (Å²) >= 11 is 8.19. The SMILES string of the molecule is CC(=N[S@@+]([O-])C(C)(C)C)c1ccc(Br)cc1Cl. The van der Waals surface area contributed by atoms with Gasteiger partial charge in [-0.3, -0.25) is 0 Å². The van der Waals surface area contributed by atoms with Gasteiger partial charge >= 0.3 is 0 Å². The average Bonchev–Trinajstić information content (AvgIpc) is 2.15. The third-order valence-corrected chi connectivity index (χ3v) is 4.36. The molecule has 5 heteroatoms. The molecule has 94 valence electrons. The van der Waals surface area contributed by atoms with Crippen molar-refractivity contribution in [1.29, 1.82) is 0 Å². The Morgan fingerprint density at radius 1 is 1.41 bits per heavy atom. The predicted octanol–water partition coefficient (Wildman–Crippen LogP) is 4.37. The Morgan fingerprint density at radius 2 is 2.00 bits per heavy atom. The molecule has 0 N–H and O–H groups in total. The van der Waals surface area contributed by atoms with Gasteiger partial charge in [-0.2, -0.15) is 0 Å². The first-order valence-electron chi connectivity index (χ1n) is 5.14. The summed E-state index contributed by atoms with van der Waals surface area (Å²) in [5.74, 6) is 0. The van der Waals surface area contributed by atoms with Crippen LogP contribution in [0, 0.1) is 0 Å².